The number of aromatic nitrogens is 2. The van der Waals surface area contributed by atoms with Crippen molar-refractivity contribution in [3.63, 3.8) is 0 Å². The van der Waals surface area contributed by atoms with Crippen LogP contribution in [-0.4, -0.2) is 54.0 Å². The second-order valence-corrected chi connectivity index (χ2v) is 7.15. The minimum atomic E-state index is -0.356. The fourth-order valence-electron chi connectivity index (χ4n) is 3.15. The van der Waals surface area contributed by atoms with E-state index < -0.39 is 0 Å². The van der Waals surface area contributed by atoms with Crippen molar-refractivity contribution in [2.75, 3.05) is 32.4 Å². The van der Waals surface area contributed by atoms with Gasteiger partial charge >= 0.3 is 0 Å². The topological polar surface area (TPSA) is 103 Å². The van der Waals surface area contributed by atoms with Gasteiger partial charge in [0.25, 0.3) is 5.91 Å². The third-order valence-corrected chi connectivity index (χ3v) is 5.41. The van der Waals surface area contributed by atoms with Gasteiger partial charge in [0.15, 0.2) is 11.5 Å². The van der Waals surface area contributed by atoms with Crippen LogP contribution in [0.3, 0.4) is 0 Å². The van der Waals surface area contributed by atoms with E-state index in [0.29, 0.717) is 28.7 Å². The summed E-state index contributed by atoms with van der Waals surface area (Å²) < 4.78 is 15.5. The number of benzene rings is 1. The van der Waals surface area contributed by atoms with Gasteiger partial charge < -0.3 is 24.4 Å². The minimum Gasteiger partial charge on any atom is -0.454 e. The van der Waals surface area contributed by atoms with Crippen molar-refractivity contribution < 1.29 is 23.8 Å². The van der Waals surface area contributed by atoms with Crippen molar-refractivity contribution in [1.82, 2.24) is 15.1 Å². The van der Waals surface area contributed by atoms with Gasteiger partial charge in [-0.15, -0.1) is 10.2 Å². The van der Waals surface area contributed by atoms with Crippen LogP contribution in [0.1, 0.15) is 33.7 Å². The number of hydrogen-bond donors (Lipinski definition) is 1. The number of ether oxygens (including phenoxy) is 3. The summed E-state index contributed by atoms with van der Waals surface area (Å²) >= 11 is 1.20. The Morgan fingerprint density at radius 3 is 3.04 bits per heavy atom. The number of hydrogen-bond acceptors (Lipinski definition) is 8. The molecule has 1 aromatic heterocycles. The standard InChI is InChI=1S/C17H18N4O5S/c1-24-8-14(22)21-6-2-3-11(21)16-19-20-17(27-16)15(23)18-10-4-5-12-13(7-10)26-9-25-12/h4-5,7,11H,2-3,6,8-9H2,1H3,(H,18,23)/t11-/m0/s1. The number of carbonyl (C=O) groups is 2. The van der Waals surface area contributed by atoms with Gasteiger partial charge in [0.1, 0.15) is 11.6 Å². The number of nitrogens with zero attached hydrogens (tertiary/aromatic N) is 3. The molecule has 0 bridgehead atoms. The molecule has 2 amide bonds. The van der Waals surface area contributed by atoms with Crippen LogP contribution >= 0.6 is 11.3 Å². The third kappa shape index (κ3) is 3.58. The normalized spacial score (nSPS) is 18.0. The molecule has 2 aliphatic rings. The average Bonchev–Trinajstić information content (AvgIpc) is 3.40. The maximum atomic E-state index is 12.5. The van der Waals surface area contributed by atoms with E-state index in [0.717, 1.165) is 12.8 Å². The number of rotatable bonds is 5. The minimum absolute atomic E-state index is 0.0345. The molecule has 9 nitrogen and oxygen atoms in total. The van der Waals surface area contributed by atoms with Crippen LogP contribution in [0.25, 0.3) is 0 Å². The van der Waals surface area contributed by atoms with Crippen molar-refractivity contribution in [2.24, 2.45) is 0 Å². The molecule has 4 rings (SSSR count). The fourth-order valence-corrected chi connectivity index (χ4v) is 4.03. The van der Waals surface area contributed by atoms with E-state index in [1.165, 1.54) is 18.4 Å². The Kier molecular flexibility index (Phi) is 4.90. The number of carbonyl (C=O) groups excluding carboxylic acids is 2. The van der Waals surface area contributed by atoms with E-state index in [4.69, 9.17) is 14.2 Å². The van der Waals surface area contributed by atoms with Gasteiger partial charge in [-0.05, 0) is 25.0 Å². The summed E-state index contributed by atoms with van der Waals surface area (Å²) in [4.78, 5) is 26.4. The lowest BCUT2D eigenvalue weighted by Gasteiger charge is -2.22. The molecule has 0 radical (unpaired) electrons. The highest BCUT2D eigenvalue weighted by atomic mass is 32.1. The van der Waals surface area contributed by atoms with Crippen LogP contribution < -0.4 is 14.8 Å². The Hall–Kier alpha value is -2.72. The third-order valence-electron chi connectivity index (χ3n) is 4.39. The van der Waals surface area contributed by atoms with E-state index in [9.17, 15) is 9.59 Å². The van der Waals surface area contributed by atoms with Crippen LogP contribution in [-0.2, 0) is 9.53 Å². The molecule has 2 aliphatic heterocycles. The van der Waals surface area contributed by atoms with Crippen molar-refractivity contribution in [2.45, 2.75) is 18.9 Å². The molecule has 1 atom stereocenters. The summed E-state index contributed by atoms with van der Waals surface area (Å²) in [6, 6.07) is 5.01. The highest BCUT2D eigenvalue weighted by Crippen LogP contribution is 2.35. The lowest BCUT2D eigenvalue weighted by atomic mass is 10.2. The molecular weight excluding hydrogens is 372 g/mol. The van der Waals surface area contributed by atoms with E-state index in [1.807, 2.05) is 0 Å². The average molecular weight is 390 g/mol. The first-order chi connectivity index (χ1) is 13.2. The molecule has 1 fully saturated rings. The Morgan fingerprint density at radius 2 is 2.19 bits per heavy atom. The SMILES string of the molecule is COCC(=O)N1CCC[C@H]1c1nnc(C(=O)Nc2ccc3c(c2)OCO3)s1. The molecule has 10 heteroatoms. The van der Waals surface area contributed by atoms with Crippen molar-refractivity contribution >= 4 is 28.8 Å². The molecule has 0 unspecified atom stereocenters. The molecule has 142 valence electrons. The number of nitrogens with one attached hydrogen (secondary N) is 1. The van der Waals surface area contributed by atoms with Crippen LogP contribution in [0.15, 0.2) is 18.2 Å². The zero-order valence-corrected chi connectivity index (χ0v) is 15.5. The number of anilines is 1. The first-order valence-corrected chi connectivity index (χ1v) is 9.30. The zero-order chi connectivity index (χ0) is 18.8. The molecule has 27 heavy (non-hydrogen) atoms. The fraction of sp³-hybridized carbons (Fsp3) is 0.412. The van der Waals surface area contributed by atoms with Gasteiger partial charge in [0.05, 0.1) is 6.04 Å². The van der Waals surface area contributed by atoms with Crippen LogP contribution in [0.2, 0.25) is 0 Å². The molecule has 1 N–H and O–H groups in total. The van der Waals surface area contributed by atoms with E-state index in [2.05, 4.69) is 15.5 Å². The Balaban J connectivity index is 1.45. The van der Waals surface area contributed by atoms with E-state index in [-0.39, 0.29) is 36.3 Å². The summed E-state index contributed by atoms with van der Waals surface area (Å²) in [6.07, 6.45) is 1.69. The zero-order valence-electron chi connectivity index (χ0n) is 14.6. The van der Waals surface area contributed by atoms with Crippen molar-refractivity contribution in [3.05, 3.63) is 28.2 Å². The lowest BCUT2D eigenvalue weighted by Crippen LogP contribution is -2.33. The second kappa shape index (κ2) is 7.49. The van der Waals surface area contributed by atoms with E-state index in [1.54, 1.807) is 23.1 Å². The predicted molar refractivity (Wildman–Crippen MR) is 96.0 cm³/mol. The first kappa shape index (κ1) is 17.7. The van der Waals surface area contributed by atoms with Gasteiger partial charge in [-0.2, -0.15) is 0 Å². The molecule has 2 aromatic rings. The van der Waals surface area contributed by atoms with Crippen molar-refractivity contribution in [3.8, 4) is 11.5 Å². The Bertz CT molecular complexity index is 871. The summed E-state index contributed by atoms with van der Waals surface area (Å²) in [7, 11) is 1.49. The highest BCUT2D eigenvalue weighted by molar-refractivity contribution is 7.13. The lowest BCUT2D eigenvalue weighted by molar-refractivity contribution is -0.136. The van der Waals surface area contributed by atoms with Crippen molar-refractivity contribution in [1.29, 1.82) is 0 Å². The van der Waals surface area contributed by atoms with E-state index >= 15 is 0 Å². The quantitative estimate of drug-likeness (QED) is 0.831. The van der Waals surface area contributed by atoms with Crippen LogP contribution in [0.4, 0.5) is 5.69 Å². The monoisotopic (exact) mass is 390 g/mol. The molecule has 1 saturated heterocycles. The number of fused-ring (bicyclic) bond motifs is 1. The maximum Gasteiger partial charge on any atom is 0.286 e. The second-order valence-electron chi connectivity index (χ2n) is 6.15. The molecule has 0 saturated carbocycles. The van der Waals surface area contributed by atoms with Gasteiger partial charge in [-0.25, -0.2) is 0 Å². The summed E-state index contributed by atoms with van der Waals surface area (Å²) in [5, 5.41) is 11.8. The maximum absolute atomic E-state index is 12.5. The van der Waals surface area contributed by atoms with Gasteiger partial charge in [0, 0.05) is 25.4 Å². The molecule has 3 heterocycles. The Labute approximate surface area is 159 Å². The molecular formula is C17H18N4O5S. The summed E-state index contributed by atoms with van der Waals surface area (Å²) in [6.45, 7) is 0.865. The number of methoxy groups -OCH3 is 1. The summed E-state index contributed by atoms with van der Waals surface area (Å²) in [5.74, 6) is 0.796. The smallest absolute Gasteiger partial charge is 0.286 e. The number of likely N-dealkylation sites (tertiary alicyclic amines) is 1. The summed E-state index contributed by atoms with van der Waals surface area (Å²) in [5.41, 5.74) is 0.582. The highest BCUT2D eigenvalue weighted by Gasteiger charge is 2.33. The molecule has 1 aromatic carbocycles. The Morgan fingerprint density at radius 1 is 1.33 bits per heavy atom. The van der Waals surface area contributed by atoms with Crippen LogP contribution in [0.5, 0.6) is 11.5 Å². The van der Waals surface area contributed by atoms with Gasteiger partial charge in [-0.1, -0.05) is 11.3 Å². The van der Waals surface area contributed by atoms with Gasteiger partial charge in [0.2, 0.25) is 17.7 Å². The van der Waals surface area contributed by atoms with Crippen LogP contribution in [0, 0.1) is 0 Å². The predicted octanol–water partition coefficient (Wildman–Crippen LogP) is 1.83. The largest absolute Gasteiger partial charge is 0.454 e. The first-order valence-electron chi connectivity index (χ1n) is 8.48. The molecule has 0 spiro atoms. The van der Waals surface area contributed by atoms with Gasteiger partial charge in [-0.3, -0.25) is 9.59 Å². The molecule has 0 aliphatic carbocycles. The number of amides is 2.